The molecule has 1 aliphatic carbocycles. The van der Waals surface area contributed by atoms with Gasteiger partial charge in [-0.05, 0) is 24.3 Å². The summed E-state index contributed by atoms with van der Waals surface area (Å²) in [6, 6.07) is 0. The zero-order valence-electron chi connectivity index (χ0n) is 11.8. The van der Waals surface area contributed by atoms with Gasteiger partial charge in [0.15, 0.2) is 0 Å². The average Bonchev–Trinajstić information content (AvgIpc) is 2.25. The summed E-state index contributed by atoms with van der Waals surface area (Å²) in [5.41, 5.74) is 0.720. The molecule has 0 aromatic rings. The minimum atomic E-state index is -0.293. The van der Waals surface area contributed by atoms with Crippen LogP contribution in [0.1, 0.15) is 40.5 Å². The monoisotopic (exact) mass is 254 g/mol. The maximum Gasteiger partial charge on any atom is 0.313 e. The highest BCUT2D eigenvalue weighted by atomic mass is 16.5. The molecule has 0 bridgehead atoms. The lowest BCUT2D eigenvalue weighted by Gasteiger charge is -2.40. The zero-order chi connectivity index (χ0) is 13.9. The molecule has 102 valence electrons. The summed E-state index contributed by atoms with van der Waals surface area (Å²) in [5, 5.41) is 0. The van der Waals surface area contributed by atoms with Crippen molar-refractivity contribution in [1.82, 2.24) is 0 Å². The summed E-state index contributed by atoms with van der Waals surface area (Å²) >= 11 is 0. The van der Waals surface area contributed by atoms with Crippen molar-refractivity contribution < 1.29 is 19.1 Å². The molecule has 0 aromatic carbocycles. The normalized spacial score (nSPS) is 26.2. The molecule has 0 aromatic heterocycles. The van der Waals surface area contributed by atoms with Gasteiger partial charge in [-0.1, -0.05) is 26.3 Å². The van der Waals surface area contributed by atoms with Crippen molar-refractivity contribution in [2.45, 2.75) is 46.6 Å². The number of carbonyl (C=O) groups is 2. The molecule has 0 saturated heterocycles. The number of hydrogen-bond acceptors (Lipinski definition) is 4. The second kappa shape index (κ2) is 5.55. The summed E-state index contributed by atoms with van der Waals surface area (Å²) in [4.78, 5) is 23.0. The topological polar surface area (TPSA) is 52.6 Å². The molecule has 0 radical (unpaired) electrons. The van der Waals surface area contributed by atoms with Crippen LogP contribution in [0.5, 0.6) is 0 Å². The van der Waals surface area contributed by atoms with Gasteiger partial charge in [0.2, 0.25) is 0 Å². The number of carbonyl (C=O) groups excluding carboxylic acids is 2. The van der Waals surface area contributed by atoms with E-state index >= 15 is 0 Å². The molecule has 1 aliphatic rings. The van der Waals surface area contributed by atoms with Gasteiger partial charge in [0.25, 0.3) is 0 Å². The highest BCUT2D eigenvalue weighted by Crippen LogP contribution is 2.43. The smallest absolute Gasteiger partial charge is 0.313 e. The predicted molar refractivity (Wildman–Crippen MR) is 67.8 cm³/mol. The summed E-state index contributed by atoms with van der Waals surface area (Å²) in [7, 11) is 1.41. The Morgan fingerprint density at radius 1 is 1.44 bits per heavy atom. The molecule has 18 heavy (non-hydrogen) atoms. The summed E-state index contributed by atoms with van der Waals surface area (Å²) in [6.07, 6.45) is 3.04. The highest BCUT2D eigenvalue weighted by Gasteiger charge is 2.43. The Kier molecular flexibility index (Phi) is 4.54. The van der Waals surface area contributed by atoms with Crippen molar-refractivity contribution in [2.75, 3.05) is 7.11 Å². The van der Waals surface area contributed by atoms with Gasteiger partial charge in [-0.25, -0.2) is 0 Å². The van der Waals surface area contributed by atoms with E-state index in [1.54, 1.807) is 0 Å². The van der Waals surface area contributed by atoms with E-state index in [0.717, 1.165) is 12.0 Å². The molecule has 0 spiro atoms. The first-order chi connectivity index (χ1) is 8.31. The Bertz CT molecular complexity index is 368. The molecule has 0 amide bonds. The quantitative estimate of drug-likeness (QED) is 0.573. The lowest BCUT2D eigenvalue weighted by molar-refractivity contribution is -0.151. The predicted octanol–water partition coefficient (Wildman–Crippen LogP) is 2.47. The van der Waals surface area contributed by atoms with E-state index in [-0.39, 0.29) is 29.4 Å². The van der Waals surface area contributed by atoms with Crippen LogP contribution in [0.2, 0.25) is 0 Å². The Morgan fingerprint density at radius 2 is 2.06 bits per heavy atom. The minimum absolute atomic E-state index is 0.214. The van der Waals surface area contributed by atoms with Crippen LogP contribution in [-0.2, 0) is 19.1 Å². The van der Waals surface area contributed by atoms with Crippen molar-refractivity contribution in [3.63, 3.8) is 0 Å². The number of methoxy groups -OCH3 is 1. The summed E-state index contributed by atoms with van der Waals surface area (Å²) in [6.45, 7) is 7.41. The van der Waals surface area contributed by atoms with E-state index in [4.69, 9.17) is 9.47 Å². The fourth-order valence-electron chi connectivity index (χ4n) is 2.73. The van der Waals surface area contributed by atoms with Crippen LogP contribution >= 0.6 is 0 Å². The number of hydrogen-bond donors (Lipinski definition) is 0. The van der Waals surface area contributed by atoms with Crippen molar-refractivity contribution in [3.05, 3.63) is 11.6 Å². The molecule has 4 heteroatoms. The lowest BCUT2D eigenvalue weighted by Crippen LogP contribution is -2.40. The van der Waals surface area contributed by atoms with Crippen LogP contribution in [0.4, 0.5) is 0 Å². The van der Waals surface area contributed by atoms with Crippen LogP contribution in [0.3, 0.4) is 0 Å². The molecule has 1 rings (SSSR count). The van der Waals surface area contributed by atoms with E-state index in [2.05, 4.69) is 0 Å². The third-order valence-corrected chi connectivity index (χ3v) is 3.44. The highest BCUT2D eigenvalue weighted by molar-refractivity contribution is 5.77. The maximum atomic E-state index is 11.9. The Morgan fingerprint density at radius 3 is 2.50 bits per heavy atom. The Hall–Kier alpha value is -1.32. The van der Waals surface area contributed by atoms with Crippen molar-refractivity contribution in [3.8, 4) is 0 Å². The van der Waals surface area contributed by atoms with Crippen LogP contribution in [-0.4, -0.2) is 25.2 Å². The van der Waals surface area contributed by atoms with E-state index in [0.29, 0.717) is 6.42 Å². The van der Waals surface area contributed by atoms with Crippen LogP contribution in [0, 0.1) is 11.3 Å². The molecule has 0 N–H and O–H groups in total. The molecule has 0 heterocycles. The molecule has 0 aliphatic heterocycles. The standard InChI is InChI=1S/C14H22O4/c1-6-10-7-11(18-9(2)15)8-14(3,4)12(10)13(16)17-5/h7,11-12H,6,8H2,1-5H3. The molecule has 4 nitrogen and oxygen atoms in total. The first-order valence-electron chi connectivity index (χ1n) is 6.27. The Labute approximate surface area is 108 Å². The molecule has 2 atom stereocenters. The van der Waals surface area contributed by atoms with Gasteiger partial charge in [-0.3, -0.25) is 9.59 Å². The van der Waals surface area contributed by atoms with E-state index in [9.17, 15) is 9.59 Å². The summed E-state index contributed by atoms with van der Waals surface area (Å²) in [5.74, 6) is -0.757. The van der Waals surface area contributed by atoms with Crippen molar-refractivity contribution in [2.24, 2.45) is 11.3 Å². The van der Waals surface area contributed by atoms with Crippen molar-refractivity contribution >= 4 is 11.9 Å². The van der Waals surface area contributed by atoms with Gasteiger partial charge in [-0.15, -0.1) is 0 Å². The van der Waals surface area contributed by atoms with Gasteiger partial charge < -0.3 is 9.47 Å². The van der Waals surface area contributed by atoms with E-state index < -0.39 is 0 Å². The SMILES string of the molecule is CCC1=CC(OC(C)=O)CC(C)(C)C1C(=O)OC. The molecular weight excluding hydrogens is 232 g/mol. The Balaban J connectivity index is 3.05. The van der Waals surface area contributed by atoms with Crippen LogP contribution in [0.15, 0.2) is 11.6 Å². The van der Waals surface area contributed by atoms with Gasteiger partial charge in [0, 0.05) is 6.92 Å². The van der Waals surface area contributed by atoms with E-state index in [1.165, 1.54) is 14.0 Å². The van der Waals surface area contributed by atoms with Crippen LogP contribution in [0.25, 0.3) is 0 Å². The number of ether oxygens (including phenoxy) is 2. The fraction of sp³-hybridized carbons (Fsp3) is 0.714. The molecular formula is C14H22O4. The third kappa shape index (κ3) is 3.12. The minimum Gasteiger partial charge on any atom is -0.469 e. The maximum absolute atomic E-state index is 11.9. The number of esters is 2. The lowest BCUT2D eigenvalue weighted by atomic mass is 9.67. The second-order valence-electron chi connectivity index (χ2n) is 5.39. The van der Waals surface area contributed by atoms with E-state index in [1.807, 2.05) is 26.8 Å². The first-order valence-corrected chi connectivity index (χ1v) is 6.27. The zero-order valence-corrected chi connectivity index (χ0v) is 11.8. The number of rotatable bonds is 3. The van der Waals surface area contributed by atoms with Crippen LogP contribution < -0.4 is 0 Å². The summed E-state index contributed by atoms with van der Waals surface area (Å²) < 4.78 is 10.1. The largest absolute Gasteiger partial charge is 0.469 e. The van der Waals surface area contributed by atoms with Gasteiger partial charge >= 0.3 is 11.9 Å². The van der Waals surface area contributed by atoms with Gasteiger partial charge in [0.1, 0.15) is 6.10 Å². The third-order valence-electron chi connectivity index (χ3n) is 3.44. The van der Waals surface area contributed by atoms with Gasteiger partial charge in [0.05, 0.1) is 13.0 Å². The fourth-order valence-corrected chi connectivity index (χ4v) is 2.73. The van der Waals surface area contributed by atoms with Crippen molar-refractivity contribution in [1.29, 1.82) is 0 Å². The molecule has 0 saturated carbocycles. The molecule has 2 unspecified atom stereocenters. The molecule has 0 fully saturated rings. The second-order valence-corrected chi connectivity index (χ2v) is 5.39. The van der Waals surface area contributed by atoms with Gasteiger partial charge in [-0.2, -0.15) is 0 Å². The first kappa shape index (κ1) is 14.7. The average molecular weight is 254 g/mol.